The molecule has 0 N–H and O–H groups in total. The van der Waals surface area contributed by atoms with E-state index >= 15 is 0 Å². The van der Waals surface area contributed by atoms with Gasteiger partial charge in [0.25, 0.3) is 0 Å². The smallest absolute Gasteiger partial charge is 0.103 e. The fourth-order valence-corrected chi connectivity index (χ4v) is 11.8. The van der Waals surface area contributed by atoms with Gasteiger partial charge in [0.05, 0.1) is 31.5 Å². The normalized spacial score (nSPS) is 11.8. The second-order valence-electron chi connectivity index (χ2n) is 16.0. The van der Waals surface area contributed by atoms with E-state index in [9.17, 15) is 0 Å². The highest BCUT2D eigenvalue weighted by atomic mass is 32.1. The SMILES string of the molecule is c1ccc(N(c2ccc3ccccc3c2)c2cc3c(s2)c2cc4c(cc2n3-c2ccncc2)c2sc(N(c3ccccc3)c3ccc5ccccc5c3)cc2n4-c2ccncc2)cc1. The molecule has 0 saturated heterocycles. The Kier molecular flexibility index (Phi) is 8.47. The molecule has 64 heavy (non-hydrogen) atoms. The maximum Gasteiger partial charge on any atom is 0.103 e. The average Bonchev–Trinajstić information content (AvgIpc) is 4.11. The van der Waals surface area contributed by atoms with Crippen molar-refractivity contribution in [1.82, 2.24) is 19.1 Å². The van der Waals surface area contributed by atoms with Gasteiger partial charge in [0.2, 0.25) is 0 Å². The summed E-state index contributed by atoms with van der Waals surface area (Å²) < 4.78 is 7.29. The van der Waals surface area contributed by atoms with Crippen molar-refractivity contribution in [2.45, 2.75) is 0 Å². The van der Waals surface area contributed by atoms with E-state index in [1.165, 1.54) is 41.7 Å². The van der Waals surface area contributed by atoms with Gasteiger partial charge in [-0.1, -0.05) is 97.1 Å². The zero-order valence-electron chi connectivity index (χ0n) is 34.3. The van der Waals surface area contributed by atoms with Crippen LogP contribution in [0.2, 0.25) is 0 Å². The topological polar surface area (TPSA) is 42.1 Å². The minimum absolute atomic E-state index is 1.07. The monoisotopic (exact) mass is 856 g/mol. The van der Waals surface area contributed by atoms with Gasteiger partial charge < -0.3 is 18.9 Å². The number of anilines is 6. The molecular weight excluding hydrogens is 821 g/mol. The van der Waals surface area contributed by atoms with Crippen molar-refractivity contribution in [3.63, 3.8) is 0 Å². The van der Waals surface area contributed by atoms with Gasteiger partial charge in [-0.15, -0.1) is 22.7 Å². The maximum atomic E-state index is 4.44. The van der Waals surface area contributed by atoms with Crippen LogP contribution in [-0.4, -0.2) is 19.1 Å². The molecule has 0 radical (unpaired) electrons. The van der Waals surface area contributed by atoms with Crippen LogP contribution in [0, 0.1) is 0 Å². The average molecular weight is 857 g/mol. The highest BCUT2D eigenvalue weighted by molar-refractivity contribution is 7.24. The summed E-state index contributed by atoms with van der Waals surface area (Å²) in [4.78, 5) is 13.7. The summed E-state index contributed by atoms with van der Waals surface area (Å²) >= 11 is 3.67. The van der Waals surface area contributed by atoms with Crippen molar-refractivity contribution in [2.24, 2.45) is 0 Å². The summed E-state index contributed by atoms with van der Waals surface area (Å²) in [6.07, 6.45) is 7.55. The number of hydrogen-bond donors (Lipinski definition) is 0. The van der Waals surface area contributed by atoms with Gasteiger partial charge in [-0.25, -0.2) is 0 Å². The van der Waals surface area contributed by atoms with Gasteiger partial charge >= 0.3 is 0 Å². The largest absolute Gasteiger partial charge is 0.308 e. The number of pyridine rings is 2. The Balaban J connectivity index is 1.07. The van der Waals surface area contributed by atoms with E-state index in [0.29, 0.717) is 0 Å². The van der Waals surface area contributed by atoms with E-state index in [-0.39, 0.29) is 0 Å². The fourth-order valence-electron chi connectivity index (χ4n) is 9.38. The molecule has 0 atom stereocenters. The van der Waals surface area contributed by atoms with Crippen LogP contribution in [0.4, 0.5) is 32.8 Å². The summed E-state index contributed by atoms with van der Waals surface area (Å²) in [7, 11) is 0. The number of thiophene rings is 2. The first-order chi connectivity index (χ1) is 31.7. The Morgan fingerprint density at radius 1 is 0.328 bits per heavy atom. The predicted octanol–water partition coefficient (Wildman–Crippen LogP) is 16.0. The molecule has 0 amide bonds. The second-order valence-corrected chi connectivity index (χ2v) is 18.0. The first-order valence-corrected chi connectivity index (χ1v) is 22.9. The first-order valence-electron chi connectivity index (χ1n) is 21.3. The molecule has 13 rings (SSSR count). The van der Waals surface area contributed by atoms with Crippen molar-refractivity contribution >= 4 is 119 Å². The molecule has 0 aliphatic rings. The number of para-hydroxylation sites is 2. The molecule has 6 heterocycles. The van der Waals surface area contributed by atoms with Crippen LogP contribution in [0.3, 0.4) is 0 Å². The highest BCUT2D eigenvalue weighted by Crippen LogP contribution is 2.50. The van der Waals surface area contributed by atoms with Gasteiger partial charge in [0, 0.05) is 69.7 Å². The van der Waals surface area contributed by atoms with Crippen LogP contribution >= 0.6 is 22.7 Å². The van der Waals surface area contributed by atoms with E-state index in [1.54, 1.807) is 0 Å². The van der Waals surface area contributed by atoms with Gasteiger partial charge in [-0.3, -0.25) is 9.97 Å². The minimum Gasteiger partial charge on any atom is -0.308 e. The second kappa shape index (κ2) is 14.8. The van der Waals surface area contributed by atoms with E-state index < -0.39 is 0 Å². The summed E-state index contributed by atoms with van der Waals surface area (Å²) in [6.45, 7) is 0. The van der Waals surface area contributed by atoms with Crippen molar-refractivity contribution in [2.75, 3.05) is 9.80 Å². The third kappa shape index (κ3) is 5.91. The van der Waals surface area contributed by atoms with E-state index in [2.05, 4.69) is 223 Å². The molecule has 6 aromatic heterocycles. The van der Waals surface area contributed by atoms with Crippen LogP contribution in [0.15, 0.2) is 219 Å². The Morgan fingerprint density at radius 2 is 0.719 bits per heavy atom. The Labute approximate surface area is 376 Å². The van der Waals surface area contributed by atoms with E-state index in [1.807, 2.05) is 47.5 Å². The summed E-state index contributed by atoms with van der Waals surface area (Å²) in [5.41, 5.74) is 11.2. The third-order valence-corrected chi connectivity index (χ3v) is 14.5. The van der Waals surface area contributed by atoms with Crippen molar-refractivity contribution in [1.29, 1.82) is 0 Å². The lowest BCUT2D eigenvalue weighted by Crippen LogP contribution is -2.08. The lowest BCUT2D eigenvalue weighted by molar-refractivity contribution is 1.15. The zero-order valence-corrected chi connectivity index (χ0v) is 35.9. The summed E-state index contributed by atoms with van der Waals surface area (Å²) in [5.74, 6) is 0. The lowest BCUT2D eigenvalue weighted by atomic mass is 10.1. The number of nitrogens with zero attached hydrogens (tertiary/aromatic N) is 6. The third-order valence-electron chi connectivity index (χ3n) is 12.3. The van der Waals surface area contributed by atoms with Gasteiger partial charge in [0.15, 0.2) is 0 Å². The van der Waals surface area contributed by atoms with Crippen LogP contribution in [0.5, 0.6) is 0 Å². The molecule has 0 bridgehead atoms. The quantitative estimate of drug-likeness (QED) is 0.153. The molecule has 0 saturated carbocycles. The Bertz CT molecular complexity index is 3600. The molecule has 0 unspecified atom stereocenters. The Morgan fingerprint density at radius 3 is 1.14 bits per heavy atom. The Hall–Kier alpha value is -8.04. The molecular formula is C56H36N6S2. The van der Waals surface area contributed by atoms with E-state index in [4.69, 9.17) is 0 Å². The molecule has 0 aliphatic carbocycles. The molecule has 302 valence electrons. The van der Waals surface area contributed by atoms with Crippen LogP contribution < -0.4 is 9.80 Å². The number of hydrogen-bond acceptors (Lipinski definition) is 6. The molecule has 8 heteroatoms. The van der Waals surface area contributed by atoms with Crippen molar-refractivity contribution < 1.29 is 0 Å². The van der Waals surface area contributed by atoms with Gasteiger partial charge in [0.1, 0.15) is 10.0 Å². The van der Waals surface area contributed by atoms with Crippen LogP contribution in [-0.2, 0) is 0 Å². The van der Waals surface area contributed by atoms with Gasteiger partial charge in [-0.2, -0.15) is 0 Å². The number of benzene rings is 7. The molecule has 13 aromatic rings. The molecule has 0 aliphatic heterocycles. The standard InChI is InChI=1S/C56H36N6S2/c1-3-15-41(16-4-1)59(45-21-19-37-11-7-9-13-39(37)31-45)53-35-51-55(63-53)47-33-50-48(34-49(47)61(51)43-23-27-57-28-24-43)56-52(62(50)44-25-29-58-30-26-44)36-54(64-56)60(42-17-5-2-6-18-42)46-22-20-38-12-8-10-14-40(38)32-46/h1-36H. The van der Waals surface area contributed by atoms with Crippen molar-refractivity contribution in [3.8, 4) is 11.4 Å². The molecule has 6 nitrogen and oxygen atoms in total. The number of rotatable bonds is 8. The summed E-state index contributed by atoms with van der Waals surface area (Å²) in [6, 6.07) is 70.1. The predicted molar refractivity (Wildman–Crippen MR) is 271 cm³/mol. The molecule has 0 spiro atoms. The highest BCUT2D eigenvalue weighted by Gasteiger charge is 2.26. The minimum atomic E-state index is 1.07. The van der Waals surface area contributed by atoms with Gasteiger partial charge in [-0.05, 0) is 119 Å². The number of aromatic nitrogens is 4. The first kappa shape index (κ1) is 36.6. The van der Waals surface area contributed by atoms with Crippen molar-refractivity contribution in [3.05, 3.63) is 219 Å². The van der Waals surface area contributed by atoms with Crippen LogP contribution in [0.25, 0.3) is 75.2 Å². The fraction of sp³-hybridized carbons (Fsp3) is 0. The summed E-state index contributed by atoms with van der Waals surface area (Å²) in [5, 5.41) is 9.54. The molecule has 7 aromatic carbocycles. The lowest BCUT2D eigenvalue weighted by Gasteiger charge is -2.24. The van der Waals surface area contributed by atoms with E-state index in [0.717, 1.165) is 66.2 Å². The van der Waals surface area contributed by atoms with Crippen LogP contribution in [0.1, 0.15) is 0 Å². The zero-order chi connectivity index (χ0) is 42.1. The number of fused-ring (bicyclic) bond motifs is 8. The maximum absolute atomic E-state index is 4.44. The molecule has 0 fully saturated rings.